The first kappa shape index (κ1) is 14.7. The van der Waals surface area contributed by atoms with E-state index in [0.717, 1.165) is 10.5 Å². The summed E-state index contributed by atoms with van der Waals surface area (Å²) in [7, 11) is 0. The number of nitrogens with one attached hydrogen (secondary N) is 1. The first-order valence-corrected chi connectivity index (χ1v) is 8.14. The molecule has 110 valence electrons. The van der Waals surface area contributed by atoms with E-state index in [0.29, 0.717) is 10.3 Å². The zero-order valence-corrected chi connectivity index (χ0v) is 13.1. The summed E-state index contributed by atoms with van der Waals surface area (Å²) in [5.74, 6) is -0.125. The lowest BCUT2D eigenvalue weighted by Crippen LogP contribution is -2.14. The van der Waals surface area contributed by atoms with E-state index in [2.05, 4.69) is 19.7 Å². The smallest absolute Gasteiger partial charge is 0.230 e. The van der Waals surface area contributed by atoms with Crippen molar-refractivity contribution in [2.24, 2.45) is 0 Å². The predicted molar refractivity (Wildman–Crippen MR) is 87.0 cm³/mol. The highest BCUT2D eigenvalue weighted by molar-refractivity contribution is 7.99. The van der Waals surface area contributed by atoms with Gasteiger partial charge >= 0.3 is 0 Å². The predicted octanol–water partition coefficient (Wildman–Crippen LogP) is 3.27. The number of hydrogen-bond donors (Lipinski definition) is 1. The maximum atomic E-state index is 11.9. The third kappa shape index (κ3) is 4.12. The molecule has 0 saturated heterocycles. The molecular weight excluding hydrogens is 316 g/mol. The van der Waals surface area contributed by atoms with Gasteiger partial charge in [0, 0.05) is 28.8 Å². The number of aromatic nitrogens is 3. The monoisotopic (exact) mass is 328 g/mol. The molecule has 0 aliphatic carbocycles. The topological polar surface area (TPSA) is 67.8 Å². The van der Waals surface area contributed by atoms with Crippen molar-refractivity contribution < 1.29 is 4.79 Å². The number of anilines is 1. The molecule has 22 heavy (non-hydrogen) atoms. The number of hydrogen-bond acceptors (Lipinski definition) is 6. The molecule has 3 aromatic rings. The fourth-order valence-electron chi connectivity index (χ4n) is 1.75. The molecule has 0 saturated carbocycles. The van der Waals surface area contributed by atoms with Gasteiger partial charge in [0.2, 0.25) is 16.2 Å². The number of benzene rings is 1. The Bertz CT molecular complexity index is 747. The summed E-state index contributed by atoms with van der Waals surface area (Å²) in [6, 6.07) is 13.5. The van der Waals surface area contributed by atoms with E-state index in [1.165, 1.54) is 23.3 Å². The van der Waals surface area contributed by atoms with Gasteiger partial charge in [0.05, 0.1) is 6.42 Å². The van der Waals surface area contributed by atoms with Crippen molar-refractivity contribution in [2.75, 3.05) is 5.32 Å². The molecule has 1 N–H and O–H groups in total. The first-order valence-electron chi connectivity index (χ1n) is 6.55. The van der Waals surface area contributed by atoms with Gasteiger partial charge in [0.1, 0.15) is 0 Å². The van der Waals surface area contributed by atoms with Crippen LogP contribution < -0.4 is 5.32 Å². The fourth-order valence-corrected chi connectivity index (χ4v) is 3.20. The first-order chi connectivity index (χ1) is 10.8. The van der Waals surface area contributed by atoms with E-state index >= 15 is 0 Å². The minimum Gasteiger partial charge on any atom is -0.300 e. The molecule has 2 heterocycles. The highest BCUT2D eigenvalue weighted by atomic mass is 32.2. The van der Waals surface area contributed by atoms with Crippen molar-refractivity contribution >= 4 is 34.3 Å². The number of carbonyl (C=O) groups is 1. The second-order valence-corrected chi connectivity index (χ2v) is 6.18. The van der Waals surface area contributed by atoms with Crippen molar-refractivity contribution in [2.45, 2.75) is 16.5 Å². The molecule has 2 aromatic heterocycles. The Morgan fingerprint density at radius 2 is 2.05 bits per heavy atom. The standard InChI is InChI=1S/C15H12N4OS2/c20-13(9-11-5-4-8-16-10-11)17-14-18-15(19-22-14)21-12-6-2-1-3-7-12/h1-8,10H,9H2,(H,17,18,19,20). The summed E-state index contributed by atoms with van der Waals surface area (Å²) in [6.45, 7) is 0. The molecule has 3 rings (SSSR count). The van der Waals surface area contributed by atoms with Crippen LogP contribution in [0.4, 0.5) is 5.13 Å². The summed E-state index contributed by atoms with van der Waals surface area (Å²) in [5, 5.41) is 3.90. The van der Waals surface area contributed by atoms with Gasteiger partial charge in [-0.1, -0.05) is 24.3 Å². The van der Waals surface area contributed by atoms with Crippen molar-refractivity contribution in [3.8, 4) is 0 Å². The Hall–Kier alpha value is -2.25. The Morgan fingerprint density at radius 3 is 2.82 bits per heavy atom. The van der Waals surface area contributed by atoms with E-state index in [-0.39, 0.29) is 12.3 Å². The minimum absolute atomic E-state index is 0.125. The van der Waals surface area contributed by atoms with Crippen molar-refractivity contribution in [3.05, 3.63) is 60.4 Å². The van der Waals surface area contributed by atoms with Gasteiger partial charge in [-0.25, -0.2) is 0 Å². The molecule has 0 spiro atoms. The molecule has 0 fully saturated rings. The lowest BCUT2D eigenvalue weighted by molar-refractivity contribution is -0.115. The molecule has 7 heteroatoms. The molecule has 5 nitrogen and oxygen atoms in total. The zero-order chi connectivity index (χ0) is 15.2. The molecule has 0 bridgehead atoms. The second kappa shape index (κ2) is 7.15. The van der Waals surface area contributed by atoms with E-state index in [4.69, 9.17) is 0 Å². The Morgan fingerprint density at radius 1 is 1.18 bits per heavy atom. The van der Waals surface area contributed by atoms with Gasteiger partial charge in [0.25, 0.3) is 0 Å². The number of rotatable bonds is 5. The summed E-state index contributed by atoms with van der Waals surface area (Å²) < 4.78 is 4.24. The minimum atomic E-state index is -0.125. The fraction of sp³-hybridized carbons (Fsp3) is 0.0667. The van der Waals surface area contributed by atoms with E-state index in [1.807, 2.05) is 42.5 Å². The molecule has 0 aliphatic rings. The van der Waals surface area contributed by atoms with Crippen LogP contribution in [-0.2, 0) is 11.2 Å². The van der Waals surface area contributed by atoms with Crippen LogP contribution in [0.1, 0.15) is 5.56 Å². The van der Waals surface area contributed by atoms with Gasteiger partial charge in [-0.2, -0.15) is 9.36 Å². The van der Waals surface area contributed by atoms with Gasteiger partial charge in [-0.05, 0) is 35.5 Å². The zero-order valence-electron chi connectivity index (χ0n) is 11.5. The third-order valence-corrected chi connectivity index (χ3v) is 4.31. The maximum Gasteiger partial charge on any atom is 0.230 e. The van der Waals surface area contributed by atoms with Crippen LogP contribution in [0.2, 0.25) is 0 Å². The van der Waals surface area contributed by atoms with Crippen LogP contribution in [-0.4, -0.2) is 20.2 Å². The Kier molecular flexibility index (Phi) is 4.77. The normalized spacial score (nSPS) is 10.4. The Balaban J connectivity index is 1.58. The number of carbonyl (C=O) groups excluding carboxylic acids is 1. The number of pyridine rings is 1. The number of amides is 1. The molecule has 1 amide bonds. The van der Waals surface area contributed by atoms with Crippen molar-refractivity contribution in [1.29, 1.82) is 0 Å². The highest BCUT2D eigenvalue weighted by Crippen LogP contribution is 2.27. The third-order valence-electron chi connectivity index (χ3n) is 2.69. The molecule has 1 aromatic carbocycles. The Labute approximate surface area is 136 Å². The van der Waals surface area contributed by atoms with Crippen molar-refractivity contribution in [1.82, 2.24) is 14.3 Å². The average molecular weight is 328 g/mol. The van der Waals surface area contributed by atoms with Crippen LogP contribution in [0, 0.1) is 0 Å². The number of nitrogens with zero attached hydrogens (tertiary/aromatic N) is 3. The highest BCUT2D eigenvalue weighted by Gasteiger charge is 2.09. The summed E-state index contributed by atoms with van der Waals surface area (Å²) in [6.07, 6.45) is 3.63. The summed E-state index contributed by atoms with van der Waals surface area (Å²) in [5.41, 5.74) is 0.864. The van der Waals surface area contributed by atoms with Crippen LogP contribution in [0.15, 0.2) is 64.9 Å². The largest absolute Gasteiger partial charge is 0.300 e. The van der Waals surface area contributed by atoms with E-state index < -0.39 is 0 Å². The van der Waals surface area contributed by atoms with E-state index in [1.54, 1.807) is 12.4 Å². The average Bonchev–Trinajstić information content (AvgIpc) is 2.96. The maximum absolute atomic E-state index is 11.9. The van der Waals surface area contributed by atoms with E-state index in [9.17, 15) is 4.79 Å². The van der Waals surface area contributed by atoms with Crippen LogP contribution >= 0.6 is 23.3 Å². The van der Waals surface area contributed by atoms with Gasteiger partial charge < -0.3 is 5.32 Å². The molecule has 0 aliphatic heterocycles. The molecule has 0 radical (unpaired) electrons. The molecular formula is C15H12N4OS2. The van der Waals surface area contributed by atoms with Gasteiger partial charge in [0.15, 0.2) is 0 Å². The lowest BCUT2D eigenvalue weighted by Gasteiger charge is -2.00. The quantitative estimate of drug-likeness (QED) is 0.778. The van der Waals surface area contributed by atoms with Crippen LogP contribution in [0.5, 0.6) is 0 Å². The summed E-state index contributed by atoms with van der Waals surface area (Å²) >= 11 is 2.64. The van der Waals surface area contributed by atoms with Gasteiger partial charge in [-0.3, -0.25) is 9.78 Å². The SMILES string of the molecule is O=C(Cc1cccnc1)Nc1nc(Sc2ccccc2)ns1. The molecule has 0 atom stereocenters. The second-order valence-electron chi connectivity index (χ2n) is 4.38. The van der Waals surface area contributed by atoms with Crippen molar-refractivity contribution in [3.63, 3.8) is 0 Å². The lowest BCUT2D eigenvalue weighted by atomic mass is 10.2. The molecule has 0 unspecified atom stereocenters. The summed E-state index contributed by atoms with van der Waals surface area (Å²) in [4.78, 5) is 21.3. The van der Waals surface area contributed by atoms with Crippen LogP contribution in [0.25, 0.3) is 0 Å². The van der Waals surface area contributed by atoms with Crippen LogP contribution in [0.3, 0.4) is 0 Å². The van der Waals surface area contributed by atoms with Gasteiger partial charge in [-0.15, -0.1) is 0 Å².